The van der Waals surface area contributed by atoms with Crippen molar-refractivity contribution in [2.24, 2.45) is 5.92 Å². The summed E-state index contributed by atoms with van der Waals surface area (Å²) in [5, 5.41) is 34.8. The van der Waals surface area contributed by atoms with Crippen LogP contribution in [-0.2, 0) is 4.79 Å². The summed E-state index contributed by atoms with van der Waals surface area (Å²) in [6.07, 6.45) is -2.98. The molecule has 0 spiro atoms. The van der Waals surface area contributed by atoms with Crippen molar-refractivity contribution >= 4 is 5.78 Å². The highest BCUT2D eigenvalue weighted by Gasteiger charge is 2.26. The number of aliphatic hydroxyl groups is 4. The number of aliphatic hydroxyl groups excluding tert-OH is 4. The molecule has 0 aliphatic heterocycles. The van der Waals surface area contributed by atoms with Gasteiger partial charge in [-0.05, 0) is 0 Å². The van der Waals surface area contributed by atoms with Gasteiger partial charge in [0.2, 0.25) is 0 Å². The summed E-state index contributed by atoms with van der Waals surface area (Å²) in [7, 11) is 0. The second kappa shape index (κ2) is 5.21. The molecule has 3 atom stereocenters. The lowest BCUT2D eigenvalue weighted by Gasteiger charge is -2.17. The van der Waals surface area contributed by atoms with Gasteiger partial charge < -0.3 is 20.4 Å². The minimum absolute atomic E-state index is 0.342. The van der Waals surface area contributed by atoms with Crippen molar-refractivity contribution in [1.82, 2.24) is 0 Å². The van der Waals surface area contributed by atoms with Crippen LogP contribution in [0.15, 0.2) is 0 Å². The number of carbonyl (C=O) groups is 1. The van der Waals surface area contributed by atoms with E-state index in [9.17, 15) is 4.79 Å². The van der Waals surface area contributed by atoms with Crippen LogP contribution in [-0.4, -0.2) is 51.6 Å². The van der Waals surface area contributed by atoms with Crippen molar-refractivity contribution in [3.63, 3.8) is 0 Å². The van der Waals surface area contributed by atoms with Gasteiger partial charge in [-0.1, -0.05) is 6.92 Å². The average molecular weight is 178 g/mol. The summed E-state index contributed by atoms with van der Waals surface area (Å²) in [6.45, 7) is 0.408. The van der Waals surface area contributed by atoms with Gasteiger partial charge >= 0.3 is 0 Å². The first-order chi connectivity index (χ1) is 5.54. The molecule has 0 saturated carbocycles. The Bertz CT molecular complexity index is 147. The lowest BCUT2D eigenvalue weighted by Crippen LogP contribution is -2.39. The fraction of sp³-hybridized carbons (Fsp3) is 0.857. The number of rotatable bonds is 5. The van der Waals surface area contributed by atoms with Crippen LogP contribution in [0.5, 0.6) is 0 Å². The van der Waals surface area contributed by atoms with Crippen molar-refractivity contribution in [3.05, 3.63) is 0 Å². The van der Waals surface area contributed by atoms with Crippen molar-refractivity contribution in [2.45, 2.75) is 19.1 Å². The third kappa shape index (κ3) is 2.86. The molecule has 5 nitrogen and oxygen atoms in total. The molecule has 0 heterocycles. The van der Waals surface area contributed by atoms with E-state index >= 15 is 0 Å². The maximum atomic E-state index is 10.9. The molecule has 0 aromatic rings. The molecule has 0 amide bonds. The van der Waals surface area contributed by atoms with Crippen LogP contribution < -0.4 is 0 Å². The maximum Gasteiger partial charge on any atom is 0.192 e. The highest BCUT2D eigenvalue weighted by Crippen LogP contribution is 2.04. The average Bonchev–Trinajstić information content (AvgIpc) is 2.12. The molecule has 0 aromatic heterocycles. The van der Waals surface area contributed by atoms with E-state index < -0.39 is 30.5 Å². The third-order valence-corrected chi connectivity index (χ3v) is 1.62. The van der Waals surface area contributed by atoms with Gasteiger partial charge in [0.25, 0.3) is 0 Å². The molecule has 0 radical (unpaired) electrons. The second-order valence-electron chi connectivity index (χ2n) is 2.71. The largest absolute Gasteiger partial charge is 0.396 e. The molecule has 0 aliphatic rings. The van der Waals surface area contributed by atoms with Gasteiger partial charge in [0.05, 0.1) is 6.61 Å². The molecule has 12 heavy (non-hydrogen) atoms. The highest BCUT2D eigenvalue weighted by atomic mass is 16.3. The molecule has 5 heteroatoms. The van der Waals surface area contributed by atoms with Crippen LogP contribution in [0, 0.1) is 5.92 Å². The van der Waals surface area contributed by atoms with E-state index in [1.165, 1.54) is 6.92 Å². The molecule has 4 N–H and O–H groups in total. The zero-order valence-electron chi connectivity index (χ0n) is 6.84. The van der Waals surface area contributed by atoms with E-state index in [4.69, 9.17) is 20.4 Å². The normalized spacial score (nSPS) is 18.4. The van der Waals surface area contributed by atoms with Crippen molar-refractivity contribution in [2.75, 3.05) is 13.2 Å². The Labute approximate surface area is 70.3 Å². The van der Waals surface area contributed by atoms with E-state index in [0.717, 1.165) is 0 Å². The molecule has 0 fully saturated rings. The zero-order chi connectivity index (χ0) is 9.72. The predicted octanol–water partition coefficient (Wildman–Crippen LogP) is -2.10. The summed E-state index contributed by atoms with van der Waals surface area (Å²) in [4.78, 5) is 10.9. The fourth-order valence-electron chi connectivity index (χ4n) is 0.667. The lowest BCUT2D eigenvalue weighted by atomic mass is 9.99. The molecular formula is C7H14O5. The number of hydrogen-bond acceptors (Lipinski definition) is 5. The van der Waals surface area contributed by atoms with Gasteiger partial charge in [-0.25, -0.2) is 0 Å². The standard InChI is InChI=1S/C7H14O5/c1-4(2-8)6(11)7(12)5(10)3-9/h4-6,8-11H,2-3H2,1H3/t4-,5?,6-/m1/s1. The summed E-state index contributed by atoms with van der Waals surface area (Å²) >= 11 is 0. The first kappa shape index (κ1) is 11.5. The molecule has 0 aromatic carbocycles. The number of carbonyl (C=O) groups excluding carboxylic acids is 1. The summed E-state index contributed by atoms with van der Waals surface area (Å²) in [6, 6.07) is 0. The number of Topliss-reactive ketones (excluding diaryl/α,β-unsaturated/α-hetero) is 1. The SMILES string of the molecule is C[C@H](CO)[C@@H](O)C(=O)C(O)CO. The van der Waals surface area contributed by atoms with Crippen LogP contribution in [0.1, 0.15) is 6.92 Å². The molecular weight excluding hydrogens is 164 g/mol. The monoisotopic (exact) mass is 178 g/mol. The van der Waals surface area contributed by atoms with E-state index in [-0.39, 0.29) is 6.61 Å². The molecule has 72 valence electrons. The molecule has 0 aliphatic carbocycles. The third-order valence-electron chi connectivity index (χ3n) is 1.62. The van der Waals surface area contributed by atoms with Crippen LogP contribution in [0.2, 0.25) is 0 Å². The Morgan fingerprint density at radius 3 is 2.08 bits per heavy atom. The lowest BCUT2D eigenvalue weighted by molar-refractivity contribution is -0.140. The summed E-state index contributed by atoms with van der Waals surface area (Å²) in [5.41, 5.74) is 0. The quantitative estimate of drug-likeness (QED) is 0.386. The molecule has 0 rings (SSSR count). The van der Waals surface area contributed by atoms with Gasteiger partial charge in [0, 0.05) is 12.5 Å². The minimum atomic E-state index is -1.56. The van der Waals surface area contributed by atoms with Crippen molar-refractivity contribution < 1.29 is 25.2 Å². The number of ketones is 1. The number of hydrogen-bond donors (Lipinski definition) is 4. The van der Waals surface area contributed by atoms with Crippen LogP contribution >= 0.6 is 0 Å². The zero-order valence-corrected chi connectivity index (χ0v) is 6.84. The van der Waals surface area contributed by atoms with Gasteiger partial charge in [-0.3, -0.25) is 4.79 Å². The smallest absolute Gasteiger partial charge is 0.192 e. The van der Waals surface area contributed by atoms with Gasteiger partial charge in [0.15, 0.2) is 5.78 Å². The fourth-order valence-corrected chi connectivity index (χ4v) is 0.667. The summed E-state index contributed by atoms with van der Waals surface area (Å²) < 4.78 is 0. The first-order valence-corrected chi connectivity index (χ1v) is 3.66. The van der Waals surface area contributed by atoms with E-state index in [1.807, 2.05) is 0 Å². The topological polar surface area (TPSA) is 98.0 Å². The Morgan fingerprint density at radius 2 is 1.75 bits per heavy atom. The second-order valence-corrected chi connectivity index (χ2v) is 2.71. The first-order valence-electron chi connectivity index (χ1n) is 3.66. The Hall–Kier alpha value is -0.490. The van der Waals surface area contributed by atoms with E-state index in [0.29, 0.717) is 0 Å². The van der Waals surface area contributed by atoms with Crippen molar-refractivity contribution in [3.8, 4) is 0 Å². The van der Waals surface area contributed by atoms with Crippen LogP contribution in [0.3, 0.4) is 0 Å². The molecule has 0 bridgehead atoms. The van der Waals surface area contributed by atoms with Crippen LogP contribution in [0.25, 0.3) is 0 Å². The molecule has 1 unspecified atom stereocenters. The summed E-state index contributed by atoms with van der Waals surface area (Å²) in [5.74, 6) is -1.49. The van der Waals surface area contributed by atoms with Gasteiger partial charge in [-0.15, -0.1) is 0 Å². The predicted molar refractivity (Wildman–Crippen MR) is 40.4 cm³/mol. The Morgan fingerprint density at radius 1 is 1.25 bits per heavy atom. The Kier molecular flexibility index (Phi) is 5.00. The Balaban J connectivity index is 4.09. The van der Waals surface area contributed by atoms with E-state index in [1.54, 1.807) is 0 Å². The van der Waals surface area contributed by atoms with E-state index in [2.05, 4.69) is 0 Å². The highest BCUT2D eigenvalue weighted by molar-refractivity contribution is 5.87. The van der Waals surface area contributed by atoms with Crippen molar-refractivity contribution in [1.29, 1.82) is 0 Å². The van der Waals surface area contributed by atoms with Gasteiger partial charge in [-0.2, -0.15) is 0 Å². The minimum Gasteiger partial charge on any atom is -0.396 e. The van der Waals surface area contributed by atoms with Crippen LogP contribution in [0.4, 0.5) is 0 Å². The molecule has 0 saturated heterocycles. The van der Waals surface area contributed by atoms with Gasteiger partial charge in [0.1, 0.15) is 12.2 Å². The maximum absolute atomic E-state index is 10.9.